The molecule has 0 bridgehead atoms. The van der Waals surface area contributed by atoms with E-state index in [4.69, 9.17) is 0 Å². The van der Waals surface area contributed by atoms with E-state index in [9.17, 15) is 26.7 Å². The number of pyridine rings is 1. The Morgan fingerprint density at radius 2 is 1.49 bits per heavy atom. The zero-order valence-electron chi connectivity index (χ0n) is 21.9. The molecule has 3 aromatic heterocycles. The normalized spacial score (nSPS) is 11.5. The van der Waals surface area contributed by atoms with Crippen LogP contribution in [-0.4, -0.2) is 25.5 Å². The van der Waals surface area contributed by atoms with E-state index in [0.29, 0.717) is 11.3 Å². The fraction of sp³-hybridized carbons (Fsp3) is 0.0323. The molecule has 0 aliphatic rings. The first kappa shape index (κ1) is 27.5. The van der Waals surface area contributed by atoms with Crippen LogP contribution in [0.15, 0.2) is 103 Å². The molecule has 6 aromatic rings. The van der Waals surface area contributed by atoms with Gasteiger partial charge in [-0.15, -0.1) is 0 Å². The summed E-state index contributed by atoms with van der Waals surface area (Å²) in [6, 6.07) is 23.4. The number of rotatable bonds is 6. The number of carbonyl (C=O) groups excluding carboxylic acids is 1. The monoisotopic (exact) mass is 586 g/mol. The van der Waals surface area contributed by atoms with E-state index in [1.807, 2.05) is 18.2 Å². The molecule has 0 atom stereocenters. The summed E-state index contributed by atoms with van der Waals surface area (Å²) in [5.41, 5.74) is 0.173. The molecule has 12 heteroatoms. The highest BCUT2D eigenvalue weighted by Crippen LogP contribution is 2.38. The zero-order valence-corrected chi connectivity index (χ0v) is 21.9. The molecule has 3 aromatic carbocycles. The van der Waals surface area contributed by atoms with Gasteiger partial charge in [-0.3, -0.25) is 4.79 Å². The van der Waals surface area contributed by atoms with Gasteiger partial charge in [0.15, 0.2) is 0 Å². The summed E-state index contributed by atoms with van der Waals surface area (Å²) in [6.07, 6.45) is -3.25. The van der Waals surface area contributed by atoms with Crippen LogP contribution in [0.4, 0.5) is 39.3 Å². The predicted molar refractivity (Wildman–Crippen MR) is 151 cm³/mol. The summed E-state index contributed by atoms with van der Waals surface area (Å²) in [5.74, 6) is -2.91. The minimum atomic E-state index is -4.72. The second-order valence-electron chi connectivity index (χ2n) is 9.32. The molecule has 43 heavy (non-hydrogen) atoms. The Morgan fingerprint density at radius 1 is 0.791 bits per heavy atom. The number of alkyl halides is 3. The Hall–Kier alpha value is -5.65. The summed E-state index contributed by atoms with van der Waals surface area (Å²) in [4.78, 5) is 21.5. The number of fused-ring (bicyclic) bond motifs is 1. The number of aromatic nitrogens is 4. The van der Waals surface area contributed by atoms with Gasteiger partial charge in [0.25, 0.3) is 5.91 Å². The lowest BCUT2D eigenvalue weighted by atomic mass is 10.0. The summed E-state index contributed by atoms with van der Waals surface area (Å²) < 4.78 is 71.2. The Labute approximate surface area is 240 Å². The lowest BCUT2D eigenvalue weighted by molar-refractivity contribution is -0.142. The van der Waals surface area contributed by atoms with Gasteiger partial charge in [-0.25, -0.2) is 23.3 Å². The standard InChI is InChI=1S/C31H19F5N6O/c32-21-11-5-12-22(33)26(21)29(43)38-20-10-4-7-18(17-20)28-27(24-13-6-14-25(31(34,35)36)42(24)41-28)23-15-16-37-30(40-23)39-19-8-2-1-3-9-19/h1-17H,(H,38,43)(H,37,39,40). The Kier molecular flexibility index (Phi) is 7.02. The van der Waals surface area contributed by atoms with Crippen LogP contribution in [0.1, 0.15) is 16.1 Å². The minimum Gasteiger partial charge on any atom is -0.324 e. The molecular weight excluding hydrogens is 567 g/mol. The van der Waals surface area contributed by atoms with Crippen LogP contribution < -0.4 is 10.6 Å². The van der Waals surface area contributed by atoms with Crippen molar-refractivity contribution in [3.63, 3.8) is 0 Å². The third-order valence-corrected chi connectivity index (χ3v) is 6.47. The highest BCUT2D eigenvalue weighted by atomic mass is 19.4. The maximum atomic E-state index is 14.2. The molecule has 2 N–H and O–H groups in total. The number of nitrogens with zero attached hydrogens (tertiary/aromatic N) is 4. The number of para-hydroxylation sites is 1. The van der Waals surface area contributed by atoms with E-state index < -0.39 is 35.0 Å². The molecule has 0 unspecified atom stereocenters. The number of amides is 1. The van der Waals surface area contributed by atoms with E-state index in [1.165, 1.54) is 36.5 Å². The number of nitrogens with one attached hydrogen (secondary N) is 2. The van der Waals surface area contributed by atoms with Gasteiger partial charge in [-0.1, -0.05) is 42.5 Å². The van der Waals surface area contributed by atoms with Gasteiger partial charge in [-0.2, -0.15) is 18.3 Å². The molecule has 0 aliphatic carbocycles. The van der Waals surface area contributed by atoms with E-state index in [-0.39, 0.29) is 34.1 Å². The van der Waals surface area contributed by atoms with E-state index in [1.54, 1.807) is 24.3 Å². The maximum Gasteiger partial charge on any atom is 0.433 e. The fourth-order valence-corrected chi connectivity index (χ4v) is 4.60. The van der Waals surface area contributed by atoms with Crippen LogP contribution in [0.5, 0.6) is 0 Å². The van der Waals surface area contributed by atoms with E-state index in [0.717, 1.165) is 28.8 Å². The van der Waals surface area contributed by atoms with Crippen LogP contribution in [0, 0.1) is 11.6 Å². The average Bonchev–Trinajstić information content (AvgIpc) is 3.37. The second kappa shape index (κ2) is 11.0. The lowest BCUT2D eigenvalue weighted by Gasteiger charge is -2.10. The summed E-state index contributed by atoms with van der Waals surface area (Å²) in [5, 5.41) is 9.84. The Morgan fingerprint density at radius 3 is 2.23 bits per heavy atom. The summed E-state index contributed by atoms with van der Waals surface area (Å²) in [7, 11) is 0. The topological polar surface area (TPSA) is 84.2 Å². The van der Waals surface area contributed by atoms with Crippen LogP contribution in [-0.2, 0) is 6.18 Å². The van der Waals surface area contributed by atoms with Crippen molar-refractivity contribution in [2.24, 2.45) is 0 Å². The van der Waals surface area contributed by atoms with Crippen molar-refractivity contribution in [2.75, 3.05) is 10.6 Å². The van der Waals surface area contributed by atoms with Crippen LogP contribution in [0.2, 0.25) is 0 Å². The first-order valence-electron chi connectivity index (χ1n) is 12.8. The fourth-order valence-electron chi connectivity index (χ4n) is 4.60. The van der Waals surface area contributed by atoms with Gasteiger partial charge >= 0.3 is 6.18 Å². The Bertz CT molecular complexity index is 1950. The van der Waals surface area contributed by atoms with Crippen molar-refractivity contribution in [1.29, 1.82) is 0 Å². The van der Waals surface area contributed by atoms with Gasteiger partial charge < -0.3 is 10.6 Å². The predicted octanol–water partition coefficient (Wildman–Crippen LogP) is 7.75. The van der Waals surface area contributed by atoms with Crippen molar-refractivity contribution in [1.82, 2.24) is 19.6 Å². The number of benzene rings is 3. The highest BCUT2D eigenvalue weighted by molar-refractivity contribution is 6.05. The first-order valence-corrected chi connectivity index (χ1v) is 12.8. The molecule has 0 radical (unpaired) electrons. The van der Waals surface area contributed by atoms with Crippen molar-refractivity contribution >= 4 is 28.7 Å². The Balaban J connectivity index is 1.47. The van der Waals surface area contributed by atoms with E-state index >= 15 is 0 Å². The van der Waals surface area contributed by atoms with Crippen molar-refractivity contribution in [3.8, 4) is 22.5 Å². The number of anilines is 3. The van der Waals surface area contributed by atoms with Crippen LogP contribution >= 0.6 is 0 Å². The lowest BCUT2D eigenvalue weighted by Crippen LogP contribution is -2.15. The first-order chi connectivity index (χ1) is 20.7. The molecule has 0 aliphatic heterocycles. The van der Waals surface area contributed by atoms with E-state index in [2.05, 4.69) is 25.7 Å². The molecular formula is C31H19F5N6O. The summed E-state index contributed by atoms with van der Waals surface area (Å²) >= 11 is 0. The second-order valence-corrected chi connectivity index (χ2v) is 9.32. The van der Waals surface area contributed by atoms with Crippen molar-refractivity contribution in [2.45, 2.75) is 6.18 Å². The van der Waals surface area contributed by atoms with Crippen LogP contribution in [0.25, 0.3) is 28.0 Å². The SMILES string of the molecule is O=C(Nc1cccc(-c2nn3c(C(F)(F)F)cccc3c2-c2ccnc(Nc3ccccc3)n2)c1)c1c(F)cccc1F. The minimum absolute atomic E-state index is 0.120. The van der Waals surface area contributed by atoms with Gasteiger partial charge in [0.1, 0.15) is 28.6 Å². The molecule has 0 saturated carbocycles. The number of hydrogen-bond acceptors (Lipinski definition) is 5. The molecule has 6 rings (SSSR count). The largest absolute Gasteiger partial charge is 0.433 e. The van der Waals surface area contributed by atoms with Gasteiger partial charge in [0.2, 0.25) is 5.95 Å². The maximum absolute atomic E-state index is 14.2. The molecule has 214 valence electrons. The molecule has 1 amide bonds. The molecule has 0 spiro atoms. The molecule has 0 fully saturated rings. The average molecular weight is 587 g/mol. The number of carbonyl (C=O) groups is 1. The van der Waals surface area contributed by atoms with Gasteiger partial charge in [0, 0.05) is 23.1 Å². The quantitative estimate of drug-likeness (QED) is 0.195. The molecule has 0 saturated heterocycles. The smallest absolute Gasteiger partial charge is 0.324 e. The van der Waals surface area contributed by atoms with Gasteiger partial charge in [-0.05, 0) is 54.6 Å². The third kappa shape index (κ3) is 5.49. The number of hydrogen-bond donors (Lipinski definition) is 2. The van der Waals surface area contributed by atoms with Crippen LogP contribution in [0.3, 0.4) is 0 Å². The summed E-state index contributed by atoms with van der Waals surface area (Å²) in [6.45, 7) is 0. The molecule has 7 nitrogen and oxygen atoms in total. The highest BCUT2D eigenvalue weighted by Gasteiger charge is 2.35. The zero-order chi connectivity index (χ0) is 30.1. The van der Waals surface area contributed by atoms with Crippen molar-refractivity contribution in [3.05, 3.63) is 126 Å². The van der Waals surface area contributed by atoms with Crippen molar-refractivity contribution < 1.29 is 26.7 Å². The molecule has 3 heterocycles. The van der Waals surface area contributed by atoms with Gasteiger partial charge in [0.05, 0.1) is 16.8 Å². The third-order valence-electron chi connectivity index (χ3n) is 6.47. The number of halogens is 5.